The lowest BCUT2D eigenvalue weighted by Crippen LogP contribution is -2.45. The zero-order valence-electron chi connectivity index (χ0n) is 11.1. The molecule has 1 rings (SSSR count). The Morgan fingerprint density at radius 2 is 2.10 bits per heavy atom. The van der Waals surface area contributed by atoms with Crippen LogP contribution in [0.15, 0.2) is 18.2 Å². The van der Waals surface area contributed by atoms with Gasteiger partial charge in [-0.15, -0.1) is 0 Å². The topological polar surface area (TPSA) is 131 Å². The molecule has 0 heterocycles. The lowest BCUT2D eigenvalue weighted by molar-refractivity contribution is -0.140. The number of hydrogen-bond acceptors (Lipinski definition) is 4. The van der Waals surface area contributed by atoms with Gasteiger partial charge in [0.2, 0.25) is 5.91 Å². The molecule has 0 aromatic heterocycles. The predicted molar refractivity (Wildman–Crippen MR) is 70.3 cm³/mol. The Bertz CT molecular complexity index is 564. The predicted octanol–water partition coefficient (Wildman–Crippen LogP) is 0.284. The van der Waals surface area contributed by atoms with Crippen molar-refractivity contribution < 1.29 is 28.6 Å². The summed E-state index contributed by atoms with van der Waals surface area (Å²) in [4.78, 5) is 33.2. The summed E-state index contributed by atoms with van der Waals surface area (Å²) >= 11 is 0. The van der Waals surface area contributed by atoms with Gasteiger partial charge in [0.1, 0.15) is 6.04 Å². The molecule has 0 aliphatic heterocycles. The van der Waals surface area contributed by atoms with Gasteiger partial charge in [0, 0.05) is 11.8 Å². The Balaban J connectivity index is 2.72. The number of methoxy groups -OCH3 is 1. The van der Waals surface area contributed by atoms with Crippen LogP contribution in [0.4, 0.5) is 14.9 Å². The maximum atomic E-state index is 13.2. The van der Waals surface area contributed by atoms with Crippen LogP contribution >= 0.6 is 0 Å². The highest BCUT2D eigenvalue weighted by atomic mass is 19.1. The number of amides is 3. The van der Waals surface area contributed by atoms with Crippen LogP contribution in [0.25, 0.3) is 0 Å². The molecule has 3 amide bonds. The Kier molecular flexibility index (Phi) is 5.47. The maximum absolute atomic E-state index is 13.2. The Hall–Kier alpha value is -2.84. The van der Waals surface area contributed by atoms with E-state index in [1.807, 2.05) is 0 Å². The SMILES string of the molecule is COc1cc(NC(=O)N[C@H](CC(N)=O)C(=O)O)ccc1F. The molecule has 21 heavy (non-hydrogen) atoms. The molecule has 0 saturated carbocycles. The van der Waals surface area contributed by atoms with E-state index >= 15 is 0 Å². The van der Waals surface area contributed by atoms with Crippen LogP contribution in [0.1, 0.15) is 6.42 Å². The second-order valence-electron chi connectivity index (χ2n) is 4.01. The molecule has 0 bridgehead atoms. The number of carboxylic acid groups (broad SMARTS) is 1. The number of ether oxygens (including phenoxy) is 1. The number of rotatable bonds is 6. The minimum Gasteiger partial charge on any atom is -0.494 e. The van der Waals surface area contributed by atoms with E-state index in [-0.39, 0.29) is 11.4 Å². The highest BCUT2D eigenvalue weighted by Crippen LogP contribution is 2.21. The van der Waals surface area contributed by atoms with Crippen LogP contribution in [0, 0.1) is 5.82 Å². The largest absolute Gasteiger partial charge is 0.494 e. The molecule has 0 spiro atoms. The van der Waals surface area contributed by atoms with E-state index in [2.05, 4.69) is 10.6 Å². The van der Waals surface area contributed by atoms with Crippen molar-refractivity contribution in [2.24, 2.45) is 5.73 Å². The third-order valence-corrected chi connectivity index (χ3v) is 2.42. The summed E-state index contributed by atoms with van der Waals surface area (Å²) in [5.41, 5.74) is 5.07. The van der Waals surface area contributed by atoms with Crippen molar-refractivity contribution in [3.63, 3.8) is 0 Å². The molecule has 1 atom stereocenters. The first kappa shape index (κ1) is 16.2. The van der Waals surface area contributed by atoms with Gasteiger partial charge in [-0.25, -0.2) is 14.0 Å². The quantitative estimate of drug-likeness (QED) is 0.599. The first-order valence-corrected chi connectivity index (χ1v) is 5.75. The summed E-state index contributed by atoms with van der Waals surface area (Å²) in [5.74, 6) is -2.97. The number of anilines is 1. The first-order chi connectivity index (χ1) is 9.83. The van der Waals surface area contributed by atoms with Gasteiger partial charge in [-0.1, -0.05) is 0 Å². The van der Waals surface area contributed by atoms with Crippen molar-refractivity contribution >= 4 is 23.6 Å². The van der Waals surface area contributed by atoms with Gasteiger partial charge in [0.15, 0.2) is 11.6 Å². The molecule has 1 aromatic carbocycles. The summed E-state index contributed by atoms with van der Waals surface area (Å²) < 4.78 is 17.9. The van der Waals surface area contributed by atoms with Gasteiger partial charge in [0.25, 0.3) is 0 Å². The van der Waals surface area contributed by atoms with Gasteiger partial charge >= 0.3 is 12.0 Å². The number of nitrogens with one attached hydrogen (secondary N) is 2. The first-order valence-electron chi connectivity index (χ1n) is 5.75. The highest BCUT2D eigenvalue weighted by molar-refractivity contribution is 5.93. The van der Waals surface area contributed by atoms with Crippen molar-refractivity contribution in [3.05, 3.63) is 24.0 Å². The number of urea groups is 1. The zero-order valence-corrected chi connectivity index (χ0v) is 11.1. The van der Waals surface area contributed by atoms with Gasteiger partial charge in [-0.05, 0) is 12.1 Å². The van der Waals surface area contributed by atoms with Gasteiger partial charge in [-0.2, -0.15) is 0 Å². The highest BCUT2D eigenvalue weighted by Gasteiger charge is 2.22. The number of nitrogens with two attached hydrogens (primary N) is 1. The molecular formula is C12H14FN3O5. The molecule has 5 N–H and O–H groups in total. The molecule has 9 heteroatoms. The number of benzene rings is 1. The van der Waals surface area contributed by atoms with Crippen molar-refractivity contribution in [1.29, 1.82) is 0 Å². The van der Waals surface area contributed by atoms with Crippen LogP contribution in [0.3, 0.4) is 0 Å². The zero-order chi connectivity index (χ0) is 16.0. The van der Waals surface area contributed by atoms with E-state index in [9.17, 15) is 18.8 Å². The van der Waals surface area contributed by atoms with Gasteiger partial charge < -0.3 is 26.2 Å². The monoisotopic (exact) mass is 299 g/mol. The fourth-order valence-electron chi connectivity index (χ4n) is 1.46. The lowest BCUT2D eigenvalue weighted by Gasteiger charge is -2.14. The average molecular weight is 299 g/mol. The standard InChI is InChI=1S/C12H14FN3O5/c1-21-9-4-6(2-3-7(9)13)15-12(20)16-8(11(18)19)5-10(14)17/h2-4,8H,5H2,1H3,(H2,14,17)(H,18,19)(H2,15,16,20)/t8-/m1/s1. The molecule has 114 valence electrons. The average Bonchev–Trinajstić information content (AvgIpc) is 2.39. The number of primary amides is 1. The van der Waals surface area contributed by atoms with Crippen molar-refractivity contribution in [1.82, 2.24) is 5.32 Å². The number of hydrogen-bond donors (Lipinski definition) is 4. The minimum absolute atomic E-state index is 0.0836. The molecule has 0 aliphatic carbocycles. The molecule has 0 unspecified atom stereocenters. The third kappa shape index (κ3) is 4.97. The van der Waals surface area contributed by atoms with Gasteiger partial charge in [0.05, 0.1) is 13.5 Å². The Morgan fingerprint density at radius 1 is 1.43 bits per heavy atom. The van der Waals surface area contributed by atoms with E-state index in [0.29, 0.717) is 0 Å². The van der Waals surface area contributed by atoms with E-state index in [4.69, 9.17) is 15.6 Å². The smallest absolute Gasteiger partial charge is 0.326 e. The fourth-order valence-corrected chi connectivity index (χ4v) is 1.46. The second-order valence-corrected chi connectivity index (χ2v) is 4.01. The minimum atomic E-state index is -1.45. The maximum Gasteiger partial charge on any atom is 0.326 e. The summed E-state index contributed by atoms with van der Waals surface area (Å²) in [6.45, 7) is 0. The van der Waals surface area contributed by atoms with Gasteiger partial charge in [-0.3, -0.25) is 4.79 Å². The number of carbonyl (C=O) groups is 3. The van der Waals surface area contributed by atoms with E-state index < -0.39 is 36.2 Å². The number of halogens is 1. The van der Waals surface area contributed by atoms with E-state index in [1.165, 1.54) is 19.2 Å². The summed E-state index contributed by atoms with van der Waals surface area (Å²) in [6.07, 6.45) is -0.546. The normalized spacial score (nSPS) is 11.3. The van der Waals surface area contributed by atoms with Crippen LogP contribution in [-0.2, 0) is 9.59 Å². The summed E-state index contributed by atoms with van der Waals surface area (Å²) in [5, 5.41) is 13.2. The van der Waals surface area contributed by atoms with E-state index in [0.717, 1.165) is 6.07 Å². The number of carbonyl (C=O) groups excluding carboxylic acids is 2. The molecule has 1 aromatic rings. The van der Waals surface area contributed by atoms with Crippen LogP contribution in [-0.4, -0.2) is 36.2 Å². The Labute approximate surface area is 119 Å². The van der Waals surface area contributed by atoms with Crippen molar-refractivity contribution in [3.8, 4) is 5.75 Å². The van der Waals surface area contributed by atoms with Crippen LogP contribution in [0.5, 0.6) is 5.75 Å². The molecular weight excluding hydrogens is 285 g/mol. The van der Waals surface area contributed by atoms with E-state index in [1.54, 1.807) is 0 Å². The van der Waals surface area contributed by atoms with Crippen molar-refractivity contribution in [2.75, 3.05) is 12.4 Å². The number of aliphatic carboxylic acids is 1. The molecule has 0 fully saturated rings. The molecule has 0 radical (unpaired) electrons. The van der Waals surface area contributed by atoms with Crippen molar-refractivity contribution in [2.45, 2.75) is 12.5 Å². The number of carboxylic acids is 1. The summed E-state index contributed by atoms with van der Waals surface area (Å²) in [6, 6.07) is 1.23. The van der Waals surface area contributed by atoms with Crippen LogP contribution in [0.2, 0.25) is 0 Å². The molecule has 0 saturated heterocycles. The summed E-state index contributed by atoms with van der Waals surface area (Å²) in [7, 11) is 1.26. The molecule has 0 aliphatic rings. The lowest BCUT2D eigenvalue weighted by atomic mass is 10.2. The van der Waals surface area contributed by atoms with Crippen LogP contribution < -0.4 is 21.1 Å². The fraction of sp³-hybridized carbons (Fsp3) is 0.250. The second kappa shape index (κ2) is 7.08. The molecule has 8 nitrogen and oxygen atoms in total. The third-order valence-electron chi connectivity index (χ3n) is 2.42. The Morgan fingerprint density at radius 3 is 2.62 bits per heavy atom.